The zero-order chi connectivity index (χ0) is 18.6. The smallest absolute Gasteiger partial charge is 0.340 e. The predicted molar refractivity (Wildman–Crippen MR) is 94.9 cm³/mol. The molecule has 0 fully saturated rings. The minimum absolute atomic E-state index is 0.218. The van der Waals surface area contributed by atoms with Gasteiger partial charge in [0, 0.05) is 24.5 Å². The number of H-pyrrole nitrogens is 1. The second kappa shape index (κ2) is 8.00. The van der Waals surface area contributed by atoms with E-state index in [0.29, 0.717) is 35.7 Å². The van der Waals surface area contributed by atoms with Gasteiger partial charge in [0.2, 0.25) is 0 Å². The van der Waals surface area contributed by atoms with Crippen molar-refractivity contribution in [2.24, 2.45) is 0 Å². The second-order valence-corrected chi connectivity index (χ2v) is 6.11. The molecule has 2 aromatic rings. The van der Waals surface area contributed by atoms with Crippen molar-refractivity contribution in [1.82, 2.24) is 20.1 Å². The number of amides is 1. The van der Waals surface area contributed by atoms with Crippen LogP contribution in [0.2, 0.25) is 0 Å². The van der Waals surface area contributed by atoms with Crippen LogP contribution in [0.4, 0.5) is 0 Å². The third-order valence-corrected chi connectivity index (χ3v) is 4.08. The molecule has 2 heterocycles. The first-order valence-electron chi connectivity index (χ1n) is 8.50. The van der Waals surface area contributed by atoms with Gasteiger partial charge < -0.3 is 15.0 Å². The number of nitrogens with zero attached hydrogens (tertiary/aromatic N) is 2. The number of aryl methyl sites for hydroxylation is 4. The minimum Gasteiger partial charge on any atom is -0.462 e. The average Bonchev–Trinajstić information content (AvgIpc) is 3.02. The summed E-state index contributed by atoms with van der Waals surface area (Å²) in [6.45, 7) is 10.8. The highest BCUT2D eigenvalue weighted by Crippen LogP contribution is 2.19. The number of ether oxygens (including phenoxy) is 1. The Balaban J connectivity index is 1.94. The highest BCUT2D eigenvalue weighted by atomic mass is 16.5. The number of nitrogens with one attached hydrogen (secondary N) is 2. The Morgan fingerprint density at radius 2 is 2.00 bits per heavy atom. The van der Waals surface area contributed by atoms with Gasteiger partial charge in [-0.3, -0.25) is 9.48 Å². The van der Waals surface area contributed by atoms with E-state index in [-0.39, 0.29) is 5.91 Å². The molecular formula is C18H26N4O3. The highest BCUT2D eigenvalue weighted by molar-refractivity contribution is 6.00. The topological polar surface area (TPSA) is 89.0 Å². The van der Waals surface area contributed by atoms with Crippen molar-refractivity contribution in [3.05, 3.63) is 40.0 Å². The summed E-state index contributed by atoms with van der Waals surface area (Å²) in [5, 5.41) is 7.28. The van der Waals surface area contributed by atoms with Gasteiger partial charge in [-0.2, -0.15) is 5.10 Å². The van der Waals surface area contributed by atoms with E-state index in [0.717, 1.165) is 24.4 Å². The molecule has 0 saturated carbocycles. The van der Waals surface area contributed by atoms with Gasteiger partial charge >= 0.3 is 5.97 Å². The first kappa shape index (κ1) is 18.8. The number of rotatable bonds is 7. The van der Waals surface area contributed by atoms with E-state index in [1.807, 2.05) is 24.6 Å². The number of aromatic nitrogens is 3. The molecule has 0 spiro atoms. The highest BCUT2D eigenvalue weighted by Gasteiger charge is 2.22. The summed E-state index contributed by atoms with van der Waals surface area (Å²) in [7, 11) is 0. The molecule has 0 aromatic carbocycles. The molecule has 7 nitrogen and oxygen atoms in total. The fraction of sp³-hybridized carbons (Fsp3) is 0.500. The quantitative estimate of drug-likeness (QED) is 0.595. The predicted octanol–water partition coefficient (Wildman–Crippen LogP) is 2.44. The van der Waals surface area contributed by atoms with Gasteiger partial charge in [-0.05, 0) is 52.7 Å². The summed E-state index contributed by atoms with van der Waals surface area (Å²) in [5.41, 5.74) is 4.21. The van der Waals surface area contributed by atoms with Crippen LogP contribution in [0.3, 0.4) is 0 Å². The van der Waals surface area contributed by atoms with Crippen LogP contribution in [-0.2, 0) is 11.3 Å². The lowest BCUT2D eigenvalue weighted by atomic mass is 10.1. The molecule has 0 atom stereocenters. The van der Waals surface area contributed by atoms with E-state index in [1.165, 1.54) is 0 Å². The Morgan fingerprint density at radius 1 is 1.28 bits per heavy atom. The summed E-state index contributed by atoms with van der Waals surface area (Å²) < 4.78 is 6.98. The Morgan fingerprint density at radius 3 is 2.60 bits per heavy atom. The fourth-order valence-corrected chi connectivity index (χ4v) is 2.91. The lowest BCUT2D eigenvalue weighted by molar-refractivity contribution is 0.0525. The van der Waals surface area contributed by atoms with Gasteiger partial charge in [0.15, 0.2) is 0 Å². The molecule has 0 radical (unpaired) electrons. The molecule has 7 heteroatoms. The summed E-state index contributed by atoms with van der Waals surface area (Å²) in [6.07, 6.45) is 0.775. The molecular weight excluding hydrogens is 320 g/mol. The molecule has 2 N–H and O–H groups in total. The molecule has 0 aliphatic heterocycles. The zero-order valence-electron chi connectivity index (χ0n) is 15.5. The van der Waals surface area contributed by atoms with Crippen LogP contribution >= 0.6 is 0 Å². The van der Waals surface area contributed by atoms with Crippen LogP contribution < -0.4 is 5.32 Å². The van der Waals surface area contributed by atoms with Crippen molar-refractivity contribution in [1.29, 1.82) is 0 Å². The number of esters is 1. The second-order valence-electron chi connectivity index (χ2n) is 6.11. The van der Waals surface area contributed by atoms with Crippen LogP contribution in [0.1, 0.15) is 56.8 Å². The Bertz CT molecular complexity index is 774. The van der Waals surface area contributed by atoms with E-state index in [1.54, 1.807) is 20.8 Å². The van der Waals surface area contributed by atoms with Gasteiger partial charge in [-0.15, -0.1) is 0 Å². The molecule has 0 aliphatic rings. The number of carbonyl (C=O) groups excluding carboxylic acids is 2. The van der Waals surface area contributed by atoms with E-state index >= 15 is 0 Å². The van der Waals surface area contributed by atoms with Gasteiger partial charge in [0.1, 0.15) is 5.69 Å². The van der Waals surface area contributed by atoms with Gasteiger partial charge in [0.25, 0.3) is 5.91 Å². The molecule has 2 rings (SSSR count). The summed E-state index contributed by atoms with van der Waals surface area (Å²) in [5.74, 6) is -0.623. The van der Waals surface area contributed by atoms with E-state index < -0.39 is 5.97 Å². The Hall–Kier alpha value is -2.57. The summed E-state index contributed by atoms with van der Waals surface area (Å²) in [4.78, 5) is 27.4. The van der Waals surface area contributed by atoms with Crippen LogP contribution in [-0.4, -0.2) is 39.8 Å². The summed E-state index contributed by atoms with van der Waals surface area (Å²) >= 11 is 0. The van der Waals surface area contributed by atoms with E-state index in [4.69, 9.17) is 4.74 Å². The molecule has 0 saturated heterocycles. The molecule has 0 aliphatic carbocycles. The molecule has 0 unspecified atom stereocenters. The van der Waals surface area contributed by atoms with Crippen LogP contribution in [0.5, 0.6) is 0 Å². The lowest BCUT2D eigenvalue weighted by Gasteiger charge is -2.07. The van der Waals surface area contributed by atoms with Crippen LogP contribution in [0.15, 0.2) is 6.07 Å². The first-order chi connectivity index (χ1) is 11.8. The molecule has 1 amide bonds. The van der Waals surface area contributed by atoms with E-state index in [9.17, 15) is 9.59 Å². The molecule has 0 bridgehead atoms. The monoisotopic (exact) mass is 346 g/mol. The fourth-order valence-electron chi connectivity index (χ4n) is 2.91. The largest absolute Gasteiger partial charge is 0.462 e. The average molecular weight is 346 g/mol. The Labute approximate surface area is 147 Å². The molecule has 2 aromatic heterocycles. The first-order valence-corrected chi connectivity index (χ1v) is 8.50. The molecule has 136 valence electrons. The number of hydrogen-bond acceptors (Lipinski definition) is 4. The number of aromatic amines is 1. The maximum absolute atomic E-state index is 12.4. The third kappa shape index (κ3) is 4.29. The van der Waals surface area contributed by atoms with E-state index in [2.05, 4.69) is 15.4 Å². The van der Waals surface area contributed by atoms with Crippen molar-refractivity contribution < 1.29 is 14.3 Å². The van der Waals surface area contributed by atoms with Crippen LogP contribution in [0.25, 0.3) is 0 Å². The lowest BCUT2D eigenvalue weighted by Crippen LogP contribution is -2.26. The minimum atomic E-state index is -0.405. The third-order valence-electron chi connectivity index (χ3n) is 4.08. The van der Waals surface area contributed by atoms with Gasteiger partial charge in [-0.25, -0.2) is 4.79 Å². The zero-order valence-corrected chi connectivity index (χ0v) is 15.5. The van der Waals surface area contributed by atoms with Crippen molar-refractivity contribution in [2.45, 2.75) is 47.6 Å². The maximum Gasteiger partial charge on any atom is 0.340 e. The normalized spacial score (nSPS) is 10.8. The summed E-state index contributed by atoms with van der Waals surface area (Å²) in [6, 6.07) is 2.03. The molecule has 25 heavy (non-hydrogen) atoms. The van der Waals surface area contributed by atoms with Crippen molar-refractivity contribution in [3.63, 3.8) is 0 Å². The van der Waals surface area contributed by atoms with Crippen molar-refractivity contribution in [3.8, 4) is 0 Å². The SMILES string of the molecule is CCOC(=O)c1c(C)[nH]c(C(=O)NCCCn2nc(C)cc2C)c1C. The van der Waals surface area contributed by atoms with Crippen molar-refractivity contribution in [2.75, 3.05) is 13.2 Å². The number of hydrogen-bond donors (Lipinski definition) is 2. The standard InChI is InChI=1S/C18H26N4O3/c1-6-25-18(24)15-13(4)16(20-14(15)5)17(23)19-8-7-9-22-12(3)10-11(2)21-22/h10,20H,6-9H2,1-5H3,(H,19,23). The Kier molecular flexibility index (Phi) is 6.01. The van der Waals surface area contributed by atoms with Crippen LogP contribution in [0, 0.1) is 27.7 Å². The van der Waals surface area contributed by atoms with Gasteiger partial charge in [-0.1, -0.05) is 0 Å². The van der Waals surface area contributed by atoms with Crippen molar-refractivity contribution >= 4 is 11.9 Å². The maximum atomic E-state index is 12.4. The number of carbonyl (C=O) groups is 2. The van der Waals surface area contributed by atoms with Gasteiger partial charge in [0.05, 0.1) is 17.9 Å².